The van der Waals surface area contributed by atoms with Gasteiger partial charge in [0.2, 0.25) is 17.8 Å². The van der Waals surface area contributed by atoms with Gasteiger partial charge in [0, 0.05) is 30.4 Å². The number of carbonyl (C=O) groups is 1. The molecule has 0 spiro atoms. The van der Waals surface area contributed by atoms with Crippen LogP contribution >= 0.6 is 0 Å². The molecular formula is C25H36N7NaO3. The molecule has 2 fully saturated rings. The predicted octanol–water partition coefficient (Wildman–Crippen LogP) is -0.120. The number of likely N-dealkylation sites (tertiary alicyclic amines) is 1. The van der Waals surface area contributed by atoms with Crippen LogP contribution in [0.25, 0.3) is 0 Å². The average Bonchev–Trinajstić information content (AvgIpc) is 3.34. The molecule has 1 atom stereocenters. The van der Waals surface area contributed by atoms with E-state index in [1.54, 1.807) is 12.1 Å². The first-order valence-corrected chi connectivity index (χ1v) is 12.7. The van der Waals surface area contributed by atoms with Gasteiger partial charge < -0.3 is 30.6 Å². The fourth-order valence-corrected chi connectivity index (χ4v) is 5.04. The van der Waals surface area contributed by atoms with E-state index in [9.17, 15) is 9.90 Å². The first-order chi connectivity index (χ1) is 17.1. The molecule has 1 aromatic carbocycles. The second-order valence-corrected chi connectivity index (χ2v) is 9.32. The number of benzene rings is 1. The van der Waals surface area contributed by atoms with Crippen molar-refractivity contribution in [3.05, 3.63) is 23.8 Å². The van der Waals surface area contributed by atoms with Crippen LogP contribution in [0.2, 0.25) is 0 Å². The molecule has 2 aromatic rings. The number of likely N-dealkylation sites (N-methyl/N-ethyl adjacent to an activating group) is 1. The molecule has 2 aliphatic rings. The van der Waals surface area contributed by atoms with E-state index in [4.69, 9.17) is 4.74 Å². The van der Waals surface area contributed by atoms with E-state index in [-0.39, 0.29) is 40.9 Å². The maximum absolute atomic E-state index is 11.5. The summed E-state index contributed by atoms with van der Waals surface area (Å²) in [5.74, 6) is 0.878. The van der Waals surface area contributed by atoms with Gasteiger partial charge in [0.15, 0.2) is 0 Å². The Balaban J connectivity index is 0.00000361. The van der Waals surface area contributed by atoms with Crippen molar-refractivity contribution in [2.45, 2.75) is 57.9 Å². The molecule has 0 bridgehead atoms. The smallest absolute Gasteiger partial charge is 0.545 e. The monoisotopic (exact) mass is 505 g/mol. The van der Waals surface area contributed by atoms with Crippen molar-refractivity contribution in [1.82, 2.24) is 19.9 Å². The number of aromatic nitrogens is 3. The fourth-order valence-electron chi connectivity index (χ4n) is 5.04. The molecule has 2 heterocycles. The SMILES string of the molecule is CCN1CCCC1CNc1nc(NCC2CCCCC2)nc(Nc2ccc(OC)c(C(=O)[O-])c2)n1.[Na+]. The Morgan fingerprint density at radius 3 is 2.39 bits per heavy atom. The summed E-state index contributed by atoms with van der Waals surface area (Å²) in [6, 6.07) is 5.21. The molecule has 11 heteroatoms. The average molecular weight is 506 g/mol. The van der Waals surface area contributed by atoms with Crippen LogP contribution in [-0.4, -0.2) is 65.2 Å². The number of carboxylic acid groups (broad SMARTS) is 1. The van der Waals surface area contributed by atoms with Crippen LogP contribution < -0.4 is 55.4 Å². The summed E-state index contributed by atoms with van der Waals surface area (Å²) in [4.78, 5) is 27.7. The number of nitrogens with zero attached hydrogens (tertiary/aromatic N) is 4. The summed E-state index contributed by atoms with van der Waals surface area (Å²) in [6.07, 6.45) is 8.67. The van der Waals surface area contributed by atoms with Crippen molar-refractivity contribution in [1.29, 1.82) is 0 Å². The van der Waals surface area contributed by atoms with Gasteiger partial charge in [-0.2, -0.15) is 15.0 Å². The molecule has 190 valence electrons. The molecule has 0 amide bonds. The van der Waals surface area contributed by atoms with Crippen LogP contribution in [0.1, 0.15) is 62.2 Å². The molecular weight excluding hydrogens is 469 g/mol. The Bertz CT molecular complexity index is 1000. The van der Waals surface area contributed by atoms with Crippen LogP contribution in [0.5, 0.6) is 5.75 Å². The molecule has 1 unspecified atom stereocenters. The van der Waals surface area contributed by atoms with Crippen LogP contribution in [0, 0.1) is 5.92 Å². The zero-order valence-electron chi connectivity index (χ0n) is 21.7. The molecule has 3 N–H and O–H groups in total. The Morgan fingerprint density at radius 1 is 1.03 bits per heavy atom. The van der Waals surface area contributed by atoms with E-state index < -0.39 is 5.97 Å². The quantitative estimate of drug-likeness (QED) is 0.356. The molecule has 1 aliphatic heterocycles. The standard InChI is InChI=1S/C25H37N7O3.Na/c1-3-32-13-7-10-19(32)16-27-24-29-23(26-15-17-8-5-4-6-9-17)30-25(31-24)28-18-11-12-21(35-2)20(14-18)22(33)34;/h11-12,14,17,19H,3-10,13,15-16H2,1-2H3,(H,33,34)(H3,26,27,28,29,30,31);/q;+1/p-1. The van der Waals surface area contributed by atoms with Gasteiger partial charge >= 0.3 is 29.6 Å². The Morgan fingerprint density at radius 2 is 1.72 bits per heavy atom. The number of hydrogen-bond acceptors (Lipinski definition) is 10. The van der Waals surface area contributed by atoms with Crippen LogP contribution in [0.4, 0.5) is 23.5 Å². The van der Waals surface area contributed by atoms with E-state index in [0.29, 0.717) is 35.5 Å². The minimum atomic E-state index is -1.31. The van der Waals surface area contributed by atoms with E-state index in [0.717, 1.165) is 32.6 Å². The minimum Gasteiger partial charge on any atom is -0.545 e. The second-order valence-electron chi connectivity index (χ2n) is 9.32. The van der Waals surface area contributed by atoms with Gasteiger partial charge in [-0.15, -0.1) is 0 Å². The number of nitrogens with one attached hydrogen (secondary N) is 3. The number of rotatable bonds is 11. The summed E-state index contributed by atoms with van der Waals surface area (Å²) < 4.78 is 5.12. The summed E-state index contributed by atoms with van der Waals surface area (Å²) >= 11 is 0. The summed E-state index contributed by atoms with van der Waals surface area (Å²) in [5.41, 5.74) is 0.481. The summed E-state index contributed by atoms with van der Waals surface area (Å²) in [5, 5.41) is 21.4. The minimum absolute atomic E-state index is 0. The van der Waals surface area contributed by atoms with Gasteiger partial charge in [-0.1, -0.05) is 26.2 Å². The summed E-state index contributed by atoms with van der Waals surface area (Å²) in [7, 11) is 1.42. The van der Waals surface area contributed by atoms with Crippen molar-refractivity contribution in [2.75, 3.05) is 49.2 Å². The maximum atomic E-state index is 11.5. The Hall–Kier alpha value is -2.14. The van der Waals surface area contributed by atoms with Crippen molar-refractivity contribution in [3.8, 4) is 5.75 Å². The molecule has 1 saturated heterocycles. The number of carboxylic acids is 1. The zero-order chi connectivity index (χ0) is 24.6. The van der Waals surface area contributed by atoms with Gasteiger partial charge in [-0.05, 0) is 62.9 Å². The number of aromatic carboxylic acids is 1. The van der Waals surface area contributed by atoms with E-state index in [1.807, 2.05) is 0 Å². The number of ether oxygens (including phenoxy) is 1. The van der Waals surface area contributed by atoms with Crippen LogP contribution in [0.3, 0.4) is 0 Å². The van der Waals surface area contributed by atoms with E-state index >= 15 is 0 Å². The summed E-state index contributed by atoms with van der Waals surface area (Å²) in [6.45, 7) is 5.93. The van der Waals surface area contributed by atoms with Crippen LogP contribution in [0.15, 0.2) is 18.2 Å². The van der Waals surface area contributed by atoms with E-state index in [1.165, 1.54) is 51.7 Å². The van der Waals surface area contributed by atoms with Gasteiger partial charge in [0.05, 0.1) is 13.1 Å². The Kier molecular flexibility index (Phi) is 11.0. The van der Waals surface area contributed by atoms with Crippen molar-refractivity contribution < 1.29 is 44.2 Å². The van der Waals surface area contributed by atoms with Crippen molar-refractivity contribution in [3.63, 3.8) is 0 Å². The van der Waals surface area contributed by atoms with Gasteiger partial charge in [-0.3, -0.25) is 4.90 Å². The largest absolute Gasteiger partial charge is 1.00 e. The number of methoxy groups -OCH3 is 1. The van der Waals surface area contributed by atoms with Crippen molar-refractivity contribution >= 4 is 29.5 Å². The molecule has 4 rings (SSSR count). The number of hydrogen-bond donors (Lipinski definition) is 3. The van der Waals surface area contributed by atoms with Gasteiger partial charge in [-0.25, -0.2) is 0 Å². The zero-order valence-corrected chi connectivity index (χ0v) is 23.7. The van der Waals surface area contributed by atoms with E-state index in [2.05, 4.69) is 42.7 Å². The topological polar surface area (TPSA) is 127 Å². The predicted molar refractivity (Wildman–Crippen MR) is 134 cm³/mol. The fraction of sp³-hybridized carbons (Fsp3) is 0.600. The molecule has 1 aromatic heterocycles. The molecule has 36 heavy (non-hydrogen) atoms. The van der Waals surface area contributed by atoms with Crippen molar-refractivity contribution in [2.24, 2.45) is 5.92 Å². The first-order valence-electron chi connectivity index (χ1n) is 12.7. The number of anilines is 4. The maximum Gasteiger partial charge on any atom is 1.00 e. The third-order valence-corrected chi connectivity index (χ3v) is 6.99. The molecule has 1 aliphatic carbocycles. The molecule has 0 radical (unpaired) electrons. The number of carbonyl (C=O) groups excluding carboxylic acids is 1. The molecule has 10 nitrogen and oxygen atoms in total. The third-order valence-electron chi connectivity index (χ3n) is 6.99. The first kappa shape index (κ1) is 28.4. The third kappa shape index (κ3) is 7.68. The van der Waals surface area contributed by atoms with Gasteiger partial charge in [0.1, 0.15) is 5.75 Å². The normalized spacial score (nSPS) is 18.3. The van der Waals surface area contributed by atoms with Crippen LogP contribution in [-0.2, 0) is 0 Å². The van der Waals surface area contributed by atoms with Gasteiger partial charge in [0.25, 0.3) is 0 Å². The Labute approximate surface area is 235 Å². The second kappa shape index (κ2) is 14.0. The molecule has 1 saturated carbocycles.